The summed E-state index contributed by atoms with van der Waals surface area (Å²) in [6.07, 6.45) is 5.65. The van der Waals surface area contributed by atoms with Crippen LogP contribution < -0.4 is 11.1 Å². The molecule has 5 nitrogen and oxygen atoms in total. The highest BCUT2D eigenvalue weighted by Crippen LogP contribution is 2.39. The van der Waals surface area contributed by atoms with E-state index in [-0.39, 0.29) is 0 Å². The van der Waals surface area contributed by atoms with E-state index >= 15 is 0 Å². The lowest BCUT2D eigenvalue weighted by Crippen LogP contribution is -2.05. The van der Waals surface area contributed by atoms with Gasteiger partial charge < -0.3 is 11.1 Å². The first-order valence-corrected chi connectivity index (χ1v) is 7.91. The van der Waals surface area contributed by atoms with Gasteiger partial charge in [0.05, 0.1) is 17.2 Å². The van der Waals surface area contributed by atoms with Crippen molar-refractivity contribution in [2.45, 2.75) is 39.2 Å². The molecule has 2 aromatic heterocycles. The summed E-state index contributed by atoms with van der Waals surface area (Å²) < 4.78 is 0. The number of nitrogens with one attached hydrogen (secondary N) is 1. The zero-order valence-corrected chi connectivity index (χ0v) is 13.1. The van der Waals surface area contributed by atoms with E-state index < -0.39 is 0 Å². The largest absolute Gasteiger partial charge is 0.404 e. The van der Waals surface area contributed by atoms with Crippen LogP contribution >= 0.6 is 11.3 Å². The van der Waals surface area contributed by atoms with E-state index in [0.717, 1.165) is 28.8 Å². The predicted molar refractivity (Wildman–Crippen MR) is 86.1 cm³/mol. The standard InChI is InChI=1S/C15H19N5S/c1-9-13(21-10(2)18-9)8-17-15-7-12(11-3-4-11)19-14(20-15)5-6-16/h5-7,11H,3-4,8,16H2,1-2H3,(H,17,19,20). The van der Waals surface area contributed by atoms with E-state index in [1.807, 2.05) is 13.8 Å². The van der Waals surface area contributed by atoms with Crippen LogP contribution in [-0.4, -0.2) is 15.0 Å². The molecule has 1 fully saturated rings. The molecular formula is C15H19N5S. The van der Waals surface area contributed by atoms with Crippen LogP contribution in [0, 0.1) is 13.8 Å². The monoisotopic (exact) mass is 301 g/mol. The van der Waals surface area contributed by atoms with Crippen LogP contribution in [0.3, 0.4) is 0 Å². The molecule has 0 bridgehead atoms. The van der Waals surface area contributed by atoms with Crippen LogP contribution in [0.25, 0.3) is 6.08 Å². The summed E-state index contributed by atoms with van der Waals surface area (Å²) in [7, 11) is 0. The number of rotatable bonds is 5. The van der Waals surface area contributed by atoms with Gasteiger partial charge in [0.25, 0.3) is 0 Å². The number of aromatic nitrogens is 3. The Morgan fingerprint density at radius 2 is 2.14 bits per heavy atom. The van der Waals surface area contributed by atoms with Gasteiger partial charge in [-0.25, -0.2) is 15.0 Å². The Bertz CT molecular complexity index is 673. The van der Waals surface area contributed by atoms with Crippen molar-refractivity contribution in [3.8, 4) is 0 Å². The molecule has 3 N–H and O–H groups in total. The highest BCUT2D eigenvalue weighted by Gasteiger charge is 2.26. The number of anilines is 1. The minimum atomic E-state index is 0.589. The van der Waals surface area contributed by atoms with E-state index in [1.165, 1.54) is 23.9 Å². The number of hydrogen-bond acceptors (Lipinski definition) is 6. The third-order valence-electron chi connectivity index (χ3n) is 3.43. The molecule has 0 spiro atoms. The van der Waals surface area contributed by atoms with Crippen LogP contribution in [0.1, 0.15) is 45.9 Å². The maximum absolute atomic E-state index is 5.45. The highest BCUT2D eigenvalue weighted by molar-refractivity contribution is 7.11. The van der Waals surface area contributed by atoms with Crippen molar-refractivity contribution in [1.29, 1.82) is 0 Å². The minimum Gasteiger partial charge on any atom is -0.404 e. The van der Waals surface area contributed by atoms with E-state index in [1.54, 1.807) is 17.4 Å². The molecule has 0 amide bonds. The summed E-state index contributed by atoms with van der Waals surface area (Å²) in [5.41, 5.74) is 7.65. The summed E-state index contributed by atoms with van der Waals surface area (Å²) in [5, 5.41) is 4.48. The van der Waals surface area contributed by atoms with Crippen molar-refractivity contribution in [2.75, 3.05) is 5.32 Å². The van der Waals surface area contributed by atoms with Crippen molar-refractivity contribution >= 4 is 23.2 Å². The quantitative estimate of drug-likeness (QED) is 0.888. The first-order chi connectivity index (χ1) is 10.2. The fraction of sp³-hybridized carbons (Fsp3) is 0.400. The third-order valence-corrected chi connectivity index (χ3v) is 4.51. The first kappa shape index (κ1) is 14.0. The lowest BCUT2D eigenvalue weighted by atomic mass is 10.2. The van der Waals surface area contributed by atoms with Gasteiger partial charge in [-0.2, -0.15) is 0 Å². The van der Waals surface area contributed by atoms with Crippen LogP contribution in [-0.2, 0) is 6.54 Å². The first-order valence-electron chi connectivity index (χ1n) is 7.09. The second-order valence-corrected chi connectivity index (χ2v) is 6.55. The van der Waals surface area contributed by atoms with Crippen molar-refractivity contribution in [2.24, 2.45) is 5.73 Å². The van der Waals surface area contributed by atoms with E-state index in [4.69, 9.17) is 5.73 Å². The molecule has 0 atom stereocenters. The second-order valence-electron chi connectivity index (χ2n) is 5.26. The van der Waals surface area contributed by atoms with Gasteiger partial charge in [-0.15, -0.1) is 11.3 Å². The van der Waals surface area contributed by atoms with Gasteiger partial charge in [-0.1, -0.05) is 0 Å². The molecule has 1 aliphatic rings. The van der Waals surface area contributed by atoms with Crippen molar-refractivity contribution in [3.05, 3.63) is 39.4 Å². The van der Waals surface area contributed by atoms with Gasteiger partial charge in [-0.05, 0) is 39.0 Å². The molecule has 21 heavy (non-hydrogen) atoms. The number of hydrogen-bond donors (Lipinski definition) is 2. The Labute approximate surface area is 128 Å². The number of thiazole rings is 1. The summed E-state index contributed by atoms with van der Waals surface area (Å²) >= 11 is 1.72. The summed E-state index contributed by atoms with van der Waals surface area (Å²) in [4.78, 5) is 14.7. The summed E-state index contributed by atoms with van der Waals surface area (Å²) in [5.74, 6) is 2.11. The van der Waals surface area contributed by atoms with Gasteiger partial charge >= 0.3 is 0 Å². The Morgan fingerprint density at radius 3 is 2.76 bits per heavy atom. The minimum absolute atomic E-state index is 0.589. The third kappa shape index (κ3) is 3.39. The van der Waals surface area contributed by atoms with Gasteiger partial charge in [0.2, 0.25) is 0 Å². The lowest BCUT2D eigenvalue weighted by molar-refractivity contribution is 0.965. The molecule has 3 rings (SSSR count). The molecule has 1 aliphatic carbocycles. The van der Waals surface area contributed by atoms with Gasteiger partial charge in [0.15, 0.2) is 5.82 Å². The molecule has 0 aliphatic heterocycles. The van der Waals surface area contributed by atoms with Crippen LogP contribution in [0.4, 0.5) is 5.82 Å². The molecule has 2 aromatic rings. The molecule has 110 valence electrons. The molecule has 6 heteroatoms. The van der Waals surface area contributed by atoms with E-state index in [2.05, 4.69) is 26.3 Å². The maximum Gasteiger partial charge on any atom is 0.155 e. The predicted octanol–water partition coefficient (Wildman–Crippen LogP) is 2.97. The van der Waals surface area contributed by atoms with Crippen LogP contribution in [0.15, 0.2) is 12.3 Å². The van der Waals surface area contributed by atoms with Crippen LogP contribution in [0.5, 0.6) is 0 Å². The van der Waals surface area contributed by atoms with E-state index in [0.29, 0.717) is 11.7 Å². The SMILES string of the molecule is Cc1nc(C)c(CNc2cc(C3CC3)nc(C=CN)n2)s1. The average molecular weight is 301 g/mol. The Morgan fingerprint density at radius 1 is 1.33 bits per heavy atom. The Hall–Kier alpha value is -1.95. The highest BCUT2D eigenvalue weighted by atomic mass is 32.1. The molecule has 0 aromatic carbocycles. The topological polar surface area (TPSA) is 76.7 Å². The van der Waals surface area contributed by atoms with Gasteiger partial charge in [0.1, 0.15) is 5.82 Å². The zero-order chi connectivity index (χ0) is 14.8. The Balaban J connectivity index is 1.79. The maximum atomic E-state index is 5.45. The van der Waals surface area contributed by atoms with Crippen molar-refractivity contribution in [3.63, 3.8) is 0 Å². The molecule has 0 unspecified atom stereocenters. The molecular weight excluding hydrogens is 282 g/mol. The number of nitrogens with two attached hydrogens (primary N) is 1. The smallest absolute Gasteiger partial charge is 0.155 e. The Kier molecular flexibility index (Phi) is 3.88. The second kappa shape index (κ2) is 5.81. The van der Waals surface area contributed by atoms with Gasteiger partial charge in [-0.3, -0.25) is 0 Å². The average Bonchev–Trinajstić information content (AvgIpc) is 3.23. The fourth-order valence-electron chi connectivity index (χ4n) is 2.23. The summed E-state index contributed by atoms with van der Waals surface area (Å²) in [6.45, 7) is 4.81. The lowest BCUT2D eigenvalue weighted by Gasteiger charge is -2.08. The normalized spacial score (nSPS) is 14.8. The van der Waals surface area contributed by atoms with Crippen molar-refractivity contribution < 1.29 is 0 Å². The number of aryl methyl sites for hydroxylation is 2. The van der Waals surface area contributed by atoms with E-state index in [9.17, 15) is 0 Å². The summed E-state index contributed by atoms with van der Waals surface area (Å²) in [6, 6.07) is 2.05. The van der Waals surface area contributed by atoms with Crippen molar-refractivity contribution in [1.82, 2.24) is 15.0 Å². The molecule has 0 saturated heterocycles. The molecule has 1 saturated carbocycles. The van der Waals surface area contributed by atoms with Gasteiger partial charge in [0, 0.05) is 22.6 Å². The zero-order valence-electron chi connectivity index (χ0n) is 12.3. The molecule has 0 radical (unpaired) electrons. The van der Waals surface area contributed by atoms with Crippen LogP contribution in [0.2, 0.25) is 0 Å². The molecule has 2 heterocycles. The fourth-order valence-corrected chi connectivity index (χ4v) is 3.11. The number of nitrogens with zero attached hydrogens (tertiary/aromatic N) is 3.